The van der Waals surface area contributed by atoms with Gasteiger partial charge >= 0.3 is 0 Å². The van der Waals surface area contributed by atoms with E-state index in [1.165, 1.54) is 5.56 Å². The van der Waals surface area contributed by atoms with Crippen LogP contribution in [0.25, 0.3) is 0 Å². The topological polar surface area (TPSA) is 38.3 Å². The van der Waals surface area contributed by atoms with E-state index >= 15 is 0 Å². The molecule has 0 aliphatic rings. The zero-order valence-corrected chi connectivity index (χ0v) is 15.5. The Kier molecular flexibility index (Phi) is 7.47. The van der Waals surface area contributed by atoms with Gasteiger partial charge in [0.2, 0.25) is 0 Å². The molecule has 0 radical (unpaired) electrons. The van der Waals surface area contributed by atoms with Crippen molar-refractivity contribution in [2.24, 2.45) is 0 Å². The molecule has 0 bridgehead atoms. The molecule has 0 atom stereocenters. The van der Waals surface area contributed by atoms with Gasteiger partial charge in [0.05, 0.1) is 11.7 Å². The van der Waals surface area contributed by atoms with E-state index in [-0.39, 0.29) is 12.0 Å². The Labute approximate surface area is 152 Å². The maximum Gasteiger partial charge on any atom is 0.255 e. The van der Waals surface area contributed by atoms with Crippen LogP contribution in [-0.2, 0) is 5.75 Å². The fourth-order valence-corrected chi connectivity index (χ4v) is 3.06. The minimum atomic E-state index is -0.0988. The third kappa shape index (κ3) is 6.10. The first-order valence-corrected chi connectivity index (χ1v) is 9.45. The number of para-hydroxylation sites is 1. The third-order valence-corrected chi connectivity index (χ3v) is 4.49. The molecule has 2 aromatic rings. The highest BCUT2D eigenvalue weighted by atomic mass is 35.5. The van der Waals surface area contributed by atoms with Gasteiger partial charge in [-0.05, 0) is 43.7 Å². The number of carbonyl (C=O) groups excluding carboxylic acids is 1. The summed E-state index contributed by atoms with van der Waals surface area (Å²) in [6.45, 7) is 4.51. The predicted octanol–water partition coefficient (Wildman–Crippen LogP) is 4.79. The fourth-order valence-electron chi connectivity index (χ4n) is 2.11. The molecule has 5 heteroatoms. The summed E-state index contributed by atoms with van der Waals surface area (Å²) in [7, 11) is 0. The van der Waals surface area contributed by atoms with E-state index in [1.54, 1.807) is 17.8 Å². The molecule has 0 saturated carbocycles. The van der Waals surface area contributed by atoms with E-state index in [0.717, 1.165) is 16.5 Å². The van der Waals surface area contributed by atoms with E-state index in [4.69, 9.17) is 16.3 Å². The first-order chi connectivity index (χ1) is 11.6. The molecule has 0 aliphatic heterocycles. The van der Waals surface area contributed by atoms with Crippen LogP contribution in [0.4, 0.5) is 0 Å². The Morgan fingerprint density at radius 3 is 2.58 bits per heavy atom. The van der Waals surface area contributed by atoms with E-state index in [9.17, 15) is 4.79 Å². The lowest BCUT2D eigenvalue weighted by atomic mass is 10.2. The van der Waals surface area contributed by atoms with E-state index in [2.05, 4.69) is 5.32 Å². The minimum absolute atomic E-state index is 0.0360. The molecule has 2 rings (SSSR count). The van der Waals surface area contributed by atoms with Crippen LogP contribution in [0.2, 0.25) is 5.02 Å². The maximum absolute atomic E-state index is 12.3. The molecule has 0 unspecified atom stereocenters. The summed E-state index contributed by atoms with van der Waals surface area (Å²) in [6, 6.07) is 15.2. The fraction of sp³-hybridized carbons (Fsp3) is 0.316. The second kappa shape index (κ2) is 9.60. The van der Waals surface area contributed by atoms with E-state index in [0.29, 0.717) is 17.9 Å². The average molecular weight is 364 g/mol. The summed E-state index contributed by atoms with van der Waals surface area (Å²) in [6.07, 6.45) is 0.0360. The van der Waals surface area contributed by atoms with Gasteiger partial charge in [-0.2, -0.15) is 11.8 Å². The summed E-state index contributed by atoms with van der Waals surface area (Å²) in [5.74, 6) is 2.28. The highest BCUT2D eigenvalue weighted by molar-refractivity contribution is 7.98. The standard InChI is InChI=1S/C19H22ClNO2S/c1-14(2)23-18-6-4-3-5-17(18)19(22)21-11-12-24-13-15-7-9-16(20)10-8-15/h3-10,14H,11-13H2,1-2H3,(H,21,22). The summed E-state index contributed by atoms with van der Waals surface area (Å²) < 4.78 is 5.68. The zero-order valence-electron chi connectivity index (χ0n) is 13.9. The summed E-state index contributed by atoms with van der Waals surface area (Å²) in [5, 5.41) is 3.70. The van der Waals surface area contributed by atoms with Gasteiger partial charge < -0.3 is 10.1 Å². The highest BCUT2D eigenvalue weighted by Crippen LogP contribution is 2.19. The van der Waals surface area contributed by atoms with Crippen molar-refractivity contribution in [1.82, 2.24) is 5.32 Å². The number of thioether (sulfide) groups is 1. The van der Waals surface area contributed by atoms with Gasteiger partial charge in [0.15, 0.2) is 0 Å². The van der Waals surface area contributed by atoms with Gasteiger partial charge in [0.1, 0.15) is 5.75 Å². The van der Waals surface area contributed by atoms with Crippen LogP contribution in [-0.4, -0.2) is 24.3 Å². The van der Waals surface area contributed by atoms with Crippen molar-refractivity contribution in [3.63, 3.8) is 0 Å². The number of benzene rings is 2. The molecular formula is C19H22ClNO2S. The number of rotatable bonds is 8. The first-order valence-electron chi connectivity index (χ1n) is 7.92. The van der Waals surface area contributed by atoms with Gasteiger partial charge in [-0.3, -0.25) is 4.79 Å². The zero-order chi connectivity index (χ0) is 17.4. The van der Waals surface area contributed by atoms with Gasteiger partial charge in [0.25, 0.3) is 5.91 Å². The van der Waals surface area contributed by atoms with Crippen LogP contribution in [0.15, 0.2) is 48.5 Å². The lowest BCUT2D eigenvalue weighted by Gasteiger charge is -2.14. The molecule has 24 heavy (non-hydrogen) atoms. The largest absolute Gasteiger partial charge is 0.490 e. The van der Waals surface area contributed by atoms with Crippen molar-refractivity contribution >= 4 is 29.3 Å². The number of ether oxygens (including phenoxy) is 1. The van der Waals surface area contributed by atoms with Crippen molar-refractivity contribution in [2.45, 2.75) is 25.7 Å². The number of nitrogens with one attached hydrogen (secondary N) is 1. The highest BCUT2D eigenvalue weighted by Gasteiger charge is 2.12. The van der Waals surface area contributed by atoms with Crippen molar-refractivity contribution in [3.8, 4) is 5.75 Å². The Morgan fingerprint density at radius 2 is 1.88 bits per heavy atom. The SMILES string of the molecule is CC(C)Oc1ccccc1C(=O)NCCSCc1ccc(Cl)cc1. The monoisotopic (exact) mass is 363 g/mol. The van der Waals surface area contributed by atoms with Crippen molar-refractivity contribution < 1.29 is 9.53 Å². The smallest absolute Gasteiger partial charge is 0.255 e. The van der Waals surface area contributed by atoms with Crippen molar-refractivity contribution in [1.29, 1.82) is 0 Å². The van der Waals surface area contributed by atoms with Crippen LogP contribution in [0.5, 0.6) is 5.75 Å². The lowest BCUT2D eigenvalue weighted by molar-refractivity contribution is 0.0950. The van der Waals surface area contributed by atoms with Crippen molar-refractivity contribution in [3.05, 3.63) is 64.7 Å². The Morgan fingerprint density at radius 1 is 1.17 bits per heavy atom. The summed E-state index contributed by atoms with van der Waals surface area (Å²) in [4.78, 5) is 12.3. The molecule has 0 heterocycles. The molecular weight excluding hydrogens is 342 g/mol. The second-order valence-electron chi connectivity index (χ2n) is 5.60. The van der Waals surface area contributed by atoms with Crippen LogP contribution < -0.4 is 10.1 Å². The molecule has 0 aliphatic carbocycles. The number of halogens is 1. The molecule has 0 fully saturated rings. The first kappa shape index (κ1) is 18.7. The molecule has 0 spiro atoms. The van der Waals surface area contributed by atoms with Crippen molar-refractivity contribution in [2.75, 3.05) is 12.3 Å². The second-order valence-corrected chi connectivity index (χ2v) is 7.14. The molecule has 0 saturated heterocycles. The number of hydrogen-bond acceptors (Lipinski definition) is 3. The lowest BCUT2D eigenvalue weighted by Crippen LogP contribution is -2.26. The van der Waals surface area contributed by atoms with Gasteiger partial charge in [0, 0.05) is 23.1 Å². The molecule has 0 aromatic heterocycles. The maximum atomic E-state index is 12.3. The molecule has 1 N–H and O–H groups in total. The van der Waals surface area contributed by atoms with Crippen LogP contribution in [0, 0.1) is 0 Å². The Hall–Kier alpha value is -1.65. The summed E-state index contributed by atoms with van der Waals surface area (Å²) >= 11 is 7.64. The molecule has 1 amide bonds. The molecule has 128 valence electrons. The van der Waals surface area contributed by atoms with Gasteiger partial charge in [-0.25, -0.2) is 0 Å². The predicted molar refractivity (Wildman–Crippen MR) is 102 cm³/mol. The quantitative estimate of drug-likeness (QED) is 0.685. The number of carbonyl (C=O) groups is 1. The minimum Gasteiger partial charge on any atom is -0.490 e. The average Bonchev–Trinajstić information content (AvgIpc) is 2.56. The Balaban J connectivity index is 1.76. The molecule has 2 aromatic carbocycles. The Bertz CT molecular complexity index is 659. The number of amides is 1. The van der Waals surface area contributed by atoms with Gasteiger partial charge in [-0.15, -0.1) is 0 Å². The summed E-state index contributed by atoms with van der Waals surface area (Å²) in [5.41, 5.74) is 1.81. The van der Waals surface area contributed by atoms with E-state index in [1.807, 2.05) is 56.3 Å². The van der Waals surface area contributed by atoms with Crippen LogP contribution >= 0.6 is 23.4 Å². The van der Waals surface area contributed by atoms with E-state index < -0.39 is 0 Å². The van der Waals surface area contributed by atoms with Crippen LogP contribution in [0.1, 0.15) is 29.8 Å². The molecule has 3 nitrogen and oxygen atoms in total. The van der Waals surface area contributed by atoms with Gasteiger partial charge in [-0.1, -0.05) is 35.9 Å². The van der Waals surface area contributed by atoms with Crippen LogP contribution in [0.3, 0.4) is 0 Å². The normalized spacial score (nSPS) is 10.7. The number of hydrogen-bond donors (Lipinski definition) is 1. The third-order valence-electron chi connectivity index (χ3n) is 3.21.